The SMILES string of the molecule is COCC(C)(C)CNC(=O)C1C(C)(C)C1(C)C. The Kier molecular flexibility index (Phi) is 3.64. The second-order valence-corrected chi connectivity index (χ2v) is 7.19. The minimum absolute atomic E-state index is 0.00636. The zero-order chi connectivity index (χ0) is 13.5. The Balaban J connectivity index is 2.48. The van der Waals surface area contributed by atoms with Crippen LogP contribution in [0.25, 0.3) is 0 Å². The smallest absolute Gasteiger partial charge is 0.224 e. The fraction of sp³-hybridized carbons (Fsp3) is 0.929. The van der Waals surface area contributed by atoms with Gasteiger partial charge in [0.1, 0.15) is 0 Å². The predicted molar refractivity (Wildman–Crippen MR) is 69.7 cm³/mol. The predicted octanol–water partition coefficient (Wildman–Crippen LogP) is 2.46. The molecule has 3 heteroatoms. The van der Waals surface area contributed by atoms with Gasteiger partial charge in [-0.15, -0.1) is 0 Å². The molecule has 1 aliphatic carbocycles. The fourth-order valence-electron chi connectivity index (χ4n) is 2.72. The van der Waals surface area contributed by atoms with Gasteiger partial charge in [0.15, 0.2) is 0 Å². The van der Waals surface area contributed by atoms with Gasteiger partial charge in [-0.05, 0) is 10.8 Å². The van der Waals surface area contributed by atoms with Crippen molar-refractivity contribution in [1.29, 1.82) is 0 Å². The van der Waals surface area contributed by atoms with Gasteiger partial charge in [-0.2, -0.15) is 0 Å². The van der Waals surface area contributed by atoms with Crippen LogP contribution < -0.4 is 5.32 Å². The molecule has 0 unspecified atom stereocenters. The summed E-state index contributed by atoms with van der Waals surface area (Å²) in [4.78, 5) is 12.1. The van der Waals surface area contributed by atoms with E-state index in [-0.39, 0.29) is 28.1 Å². The van der Waals surface area contributed by atoms with Gasteiger partial charge in [-0.1, -0.05) is 41.5 Å². The Morgan fingerprint density at radius 2 is 1.71 bits per heavy atom. The maximum absolute atomic E-state index is 12.1. The number of rotatable bonds is 5. The quantitative estimate of drug-likeness (QED) is 0.803. The number of carbonyl (C=O) groups is 1. The summed E-state index contributed by atoms with van der Waals surface area (Å²) in [5, 5.41) is 3.06. The molecular formula is C14H27NO2. The van der Waals surface area contributed by atoms with Crippen molar-refractivity contribution in [2.24, 2.45) is 22.2 Å². The Morgan fingerprint density at radius 1 is 1.24 bits per heavy atom. The van der Waals surface area contributed by atoms with Gasteiger partial charge in [-0.25, -0.2) is 0 Å². The molecular weight excluding hydrogens is 214 g/mol. The highest BCUT2D eigenvalue weighted by Gasteiger charge is 2.68. The molecule has 0 atom stereocenters. The van der Waals surface area contributed by atoms with Gasteiger partial charge in [0.2, 0.25) is 5.91 Å². The number of hydrogen-bond donors (Lipinski definition) is 1. The van der Waals surface area contributed by atoms with Crippen LogP contribution in [-0.4, -0.2) is 26.2 Å². The lowest BCUT2D eigenvalue weighted by molar-refractivity contribution is -0.124. The third kappa shape index (κ3) is 2.65. The van der Waals surface area contributed by atoms with Gasteiger partial charge in [0.25, 0.3) is 0 Å². The maximum Gasteiger partial charge on any atom is 0.224 e. The Bertz CT molecular complexity index is 291. The first-order valence-electron chi connectivity index (χ1n) is 6.33. The van der Waals surface area contributed by atoms with Gasteiger partial charge in [-0.3, -0.25) is 4.79 Å². The monoisotopic (exact) mass is 241 g/mol. The van der Waals surface area contributed by atoms with E-state index in [0.717, 1.165) is 0 Å². The first-order valence-corrected chi connectivity index (χ1v) is 6.33. The molecule has 1 N–H and O–H groups in total. The van der Waals surface area contributed by atoms with Gasteiger partial charge < -0.3 is 10.1 Å². The number of ether oxygens (including phenoxy) is 1. The van der Waals surface area contributed by atoms with Crippen LogP contribution in [0.5, 0.6) is 0 Å². The van der Waals surface area contributed by atoms with E-state index in [1.807, 2.05) is 0 Å². The summed E-state index contributed by atoms with van der Waals surface area (Å²) < 4.78 is 5.15. The summed E-state index contributed by atoms with van der Waals surface area (Å²) in [7, 11) is 1.69. The first-order chi connectivity index (χ1) is 7.56. The third-order valence-electron chi connectivity index (χ3n) is 4.56. The number of methoxy groups -OCH3 is 1. The van der Waals surface area contributed by atoms with Crippen LogP contribution in [0.1, 0.15) is 41.5 Å². The molecule has 0 aromatic rings. The molecule has 1 fully saturated rings. The highest BCUT2D eigenvalue weighted by Crippen LogP contribution is 2.68. The molecule has 1 rings (SSSR count). The molecule has 0 bridgehead atoms. The van der Waals surface area contributed by atoms with Gasteiger partial charge in [0.05, 0.1) is 6.61 Å². The molecule has 0 radical (unpaired) electrons. The van der Waals surface area contributed by atoms with Crippen LogP contribution in [0.3, 0.4) is 0 Å². The van der Waals surface area contributed by atoms with Crippen LogP contribution >= 0.6 is 0 Å². The molecule has 17 heavy (non-hydrogen) atoms. The molecule has 0 spiro atoms. The van der Waals surface area contributed by atoms with E-state index < -0.39 is 0 Å². The van der Waals surface area contributed by atoms with Crippen LogP contribution in [-0.2, 0) is 9.53 Å². The summed E-state index contributed by atoms with van der Waals surface area (Å²) in [5.74, 6) is 0.317. The Hall–Kier alpha value is -0.570. The second-order valence-electron chi connectivity index (χ2n) is 7.19. The fourth-order valence-corrected chi connectivity index (χ4v) is 2.72. The highest BCUT2D eigenvalue weighted by molar-refractivity contribution is 5.84. The van der Waals surface area contributed by atoms with Gasteiger partial charge in [0, 0.05) is 25.0 Å². The summed E-state index contributed by atoms with van der Waals surface area (Å²) in [5.41, 5.74) is 0.221. The lowest BCUT2D eigenvalue weighted by atomic mass is 9.94. The molecule has 0 saturated heterocycles. The molecule has 1 aliphatic rings. The summed E-state index contributed by atoms with van der Waals surface area (Å²) in [6.45, 7) is 14.2. The molecule has 0 heterocycles. The molecule has 1 amide bonds. The molecule has 0 aliphatic heterocycles. The Morgan fingerprint density at radius 3 is 2.06 bits per heavy atom. The zero-order valence-electron chi connectivity index (χ0n) is 12.3. The molecule has 0 aromatic heterocycles. The Labute approximate surface area is 105 Å². The zero-order valence-corrected chi connectivity index (χ0v) is 12.3. The van der Waals surface area contributed by atoms with Crippen molar-refractivity contribution >= 4 is 5.91 Å². The van der Waals surface area contributed by atoms with Crippen LogP contribution in [0.2, 0.25) is 0 Å². The molecule has 0 aromatic carbocycles. The lowest BCUT2D eigenvalue weighted by Crippen LogP contribution is -2.38. The minimum Gasteiger partial charge on any atom is -0.384 e. The molecule has 1 saturated carbocycles. The van der Waals surface area contributed by atoms with Crippen LogP contribution in [0.15, 0.2) is 0 Å². The van der Waals surface area contributed by atoms with E-state index in [4.69, 9.17) is 4.74 Å². The van der Waals surface area contributed by atoms with Crippen molar-refractivity contribution in [2.45, 2.75) is 41.5 Å². The summed E-state index contributed by atoms with van der Waals surface area (Å²) >= 11 is 0. The van der Waals surface area contributed by atoms with Crippen molar-refractivity contribution in [3.63, 3.8) is 0 Å². The second kappa shape index (κ2) is 4.27. The topological polar surface area (TPSA) is 38.3 Å². The number of amides is 1. The van der Waals surface area contributed by atoms with Crippen molar-refractivity contribution in [2.75, 3.05) is 20.3 Å². The van der Waals surface area contributed by atoms with E-state index in [9.17, 15) is 4.79 Å². The largest absolute Gasteiger partial charge is 0.384 e. The van der Waals surface area contributed by atoms with E-state index in [1.165, 1.54) is 0 Å². The van der Waals surface area contributed by atoms with Crippen LogP contribution in [0.4, 0.5) is 0 Å². The van der Waals surface area contributed by atoms with Gasteiger partial charge >= 0.3 is 0 Å². The number of hydrogen-bond acceptors (Lipinski definition) is 2. The average molecular weight is 241 g/mol. The van der Waals surface area contributed by atoms with E-state index >= 15 is 0 Å². The minimum atomic E-state index is -0.00636. The normalized spacial score (nSPS) is 22.3. The van der Waals surface area contributed by atoms with E-state index in [2.05, 4.69) is 46.9 Å². The number of carbonyl (C=O) groups excluding carboxylic acids is 1. The van der Waals surface area contributed by atoms with E-state index in [0.29, 0.717) is 13.2 Å². The lowest BCUT2D eigenvalue weighted by Gasteiger charge is -2.24. The van der Waals surface area contributed by atoms with Crippen molar-refractivity contribution in [1.82, 2.24) is 5.32 Å². The number of nitrogens with one attached hydrogen (secondary N) is 1. The first kappa shape index (κ1) is 14.5. The average Bonchev–Trinajstić information content (AvgIpc) is 2.54. The summed E-state index contributed by atoms with van der Waals surface area (Å²) in [6.07, 6.45) is 0. The van der Waals surface area contributed by atoms with Crippen molar-refractivity contribution in [3.05, 3.63) is 0 Å². The van der Waals surface area contributed by atoms with Crippen molar-refractivity contribution in [3.8, 4) is 0 Å². The molecule has 3 nitrogen and oxygen atoms in total. The summed E-state index contributed by atoms with van der Waals surface area (Å²) in [6, 6.07) is 0. The van der Waals surface area contributed by atoms with Crippen molar-refractivity contribution < 1.29 is 9.53 Å². The molecule has 100 valence electrons. The maximum atomic E-state index is 12.1. The third-order valence-corrected chi connectivity index (χ3v) is 4.56. The standard InChI is InChI=1S/C14H27NO2/c1-12(2,9-17-7)8-15-11(16)10-13(3,4)14(10,5)6/h10H,8-9H2,1-7H3,(H,15,16). The van der Waals surface area contributed by atoms with E-state index in [1.54, 1.807) is 7.11 Å². The van der Waals surface area contributed by atoms with Crippen LogP contribution in [0, 0.1) is 22.2 Å². The highest BCUT2D eigenvalue weighted by atomic mass is 16.5.